The SMILES string of the molecule is CC/C(=C\c1ccccc1)[C@@H]1C[C@H]1NC[C@H]1CC[C@H](NCc2ccc(C(=O)O)cc2)CC1. The molecule has 2 aromatic carbocycles. The van der Waals surface area contributed by atoms with Crippen LogP contribution in [0.5, 0.6) is 0 Å². The summed E-state index contributed by atoms with van der Waals surface area (Å²) in [5.41, 5.74) is 4.40. The van der Waals surface area contributed by atoms with Crippen molar-refractivity contribution in [3.8, 4) is 0 Å². The second-order valence-electron chi connectivity index (χ2n) is 9.44. The van der Waals surface area contributed by atoms with Gasteiger partial charge in [-0.2, -0.15) is 0 Å². The van der Waals surface area contributed by atoms with Crippen molar-refractivity contribution in [1.29, 1.82) is 0 Å². The monoisotopic (exact) mass is 432 g/mol. The van der Waals surface area contributed by atoms with Crippen molar-refractivity contribution in [3.63, 3.8) is 0 Å². The third kappa shape index (κ3) is 6.30. The number of benzene rings is 2. The van der Waals surface area contributed by atoms with Crippen molar-refractivity contribution in [2.45, 2.75) is 64.1 Å². The van der Waals surface area contributed by atoms with E-state index in [2.05, 4.69) is 54.0 Å². The molecule has 0 unspecified atom stereocenters. The molecule has 2 saturated carbocycles. The fourth-order valence-corrected chi connectivity index (χ4v) is 4.98. The lowest BCUT2D eigenvalue weighted by Gasteiger charge is -2.29. The van der Waals surface area contributed by atoms with Crippen LogP contribution in [0.2, 0.25) is 0 Å². The van der Waals surface area contributed by atoms with Gasteiger partial charge in [0.15, 0.2) is 0 Å². The van der Waals surface area contributed by atoms with Crippen molar-refractivity contribution in [2.24, 2.45) is 11.8 Å². The maximum atomic E-state index is 11.0. The average Bonchev–Trinajstić information content (AvgIpc) is 3.61. The second-order valence-corrected chi connectivity index (χ2v) is 9.44. The second kappa shape index (κ2) is 10.9. The molecule has 170 valence electrons. The fraction of sp³-hybridized carbons (Fsp3) is 0.464. The smallest absolute Gasteiger partial charge is 0.335 e. The molecule has 2 atom stereocenters. The number of hydrogen-bond donors (Lipinski definition) is 3. The molecule has 0 heterocycles. The standard InChI is InChI=1S/C28H36N2O2/c1-2-23(16-20-6-4-3-5-7-20)26-17-27(26)30-19-22-10-14-25(15-11-22)29-18-21-8-12-24(13-9-21)28(31)32/h3-9,12-13,16,22,25-27,29-30H,2,10-11,14-15,17-19H2,1H3,(H,31,32)/b23-16+/t22-,25-,26-,27+/m0/s1. The highest BCUT2D eigenvalue weighted by atomic mass is 16.4. The molecule has 0 spiro atoms. The van der Waals surface area contributed by atoms with Crippen LogP contribution in [0.3, 0.4) is 0 Å². The Bertz CT molecular complexity index is 899. The zero-order valence-corrected chi connectivity index (χ0v) is 19.1. The van der Waals surface area contributed by atoms with Crippen LogP contribution < -0.4 is 10.6 Å². The van der Waals surface area contributed by atoms with Gasteiger partial charge in [0.25, 0.3) is 0 Å². The van der Waals surface area contributed by atoms with Crippen LogP contribution in [-0.2, 0) is 6.54 Å². The summed E-state index contributed by atoms with van der Waals surface area (Å²) in [5.74, 6) is 0.630. The summed E-state index contributed by atoms with van der Waals surface area (Å²) in [7, 11) is 0. The highest BCUT2D eigenvalue weighted by molar-refractivity contribution is 5.87. The van der Waals surface area contributed by atoms with Gasteiger partial charge in [0, 0.05) is 18.6 Å². The molecule has 2 fully saturated rings. The van der Waals surface area contributed by atoms with E-state index >= 15 is 0 Å². The van der Waals surface area contributed by atoms with Gasteiger partial charge < -0.3 is 15.7 Å². The van der Waals surface area contributed by atoms with Gasteiger partial charge in [-0.25, -0.2) is 4.79 Å². The van der Waals surface area contributed by atoms with E-state index in [9.17, 15) is 4.79 Å². The molecular formula is C28H36N2O2. The lowest BCUT2D eigenvalue weighted by molar-refractivity contribution is 0.0697. The summed E-state index contributed by atoms with van der Waals surface area (Å²) in [5, 5.41) is 16.5. The molecule has 3 N–H and O–H groups in total. The van der Waals surface area contributed by atoms with E-state index in [4.69, 9.17) is 5.11 Å². The topological polar surface area (TPSA) is 61.4 Å². The van der Waals surface area contributed by atoms with Gasteiger partial charge in [0.1, 0.15) is 0 Å². The molecule has 0 radical (unpaired) electrons. The van der Waals surface area contributed by atoms with E-state index in [-0.39, 0.29) is 0 Å². The first kappa shape index (κ1) is 22.8. The van der Waals surface area contributed by atoms with Gasteiger partial charge >= 0.3 is 5.97 Å². The molecule has 0 bridgehead atoms. The molecule has 4 nitrogen and oxygen atoms in total. The van der Waals surface area contributed by atoms with Crippen LogP contribution in [0.4, 0.5) is 0 Å². The summed E-state index contributed by atoms with van der Waals surface area (Å²) in [6, 6.07) is 19.1. The van der Waals surface area contributed by atoms with Crippen LogP contribution >= 0.6 is 0 Å². The van der Waals surface area contributed by atoms with Gasteiger partial charge in [-0.3, -0.25) is 0 Å². The summed E-state index contributed by atoms with van der Waals surface area (Å²) in [4.78, 5) is 11.0. The van der Waals surface area contributed by atoms with Crippen molar-refractivity contribution in [3.05, 3.63) is 76.9 Å². The number of carboxylic acid groups (broad SMARTS) is 1. The molecule has 4 heteroatoms. The van der Waals surface area contributed by atoms with Crippen molar-refractivity contribution in [2.75, 3.05) is 6.54 Å². The van der Waals surface area contributed by atoms with Crippen LogP contribution in [-0.4, -0.2) is 29.7 Å². The third-order valence-electron chi connectivity index (χ3n) is 7.14. The number of rotatable bonds is 10. The molecule has 0 aromatic heterocycles. The summed E-state index contributed by atoms with van der Waals surface area (Å²) in [6.07, 6.45) is 9.81. The average molecular weight is 433 g/mol. The summed E-state index contributed by atoms with van der Waals surface area (Å²) in [6.45, 7) is 4.23. The molecule has 0 saturated heterocycles. The van der Waals surface area contributed by atoms with E-state index in [0.29, 0.717) is 23.6 Å². The van der Waals surface area contributed by atoms with Gasteiger partial charge in [-0.15, -0.1) is 0 Å². The third-order valence-corrected chi connectivity index (χ3v) is 7.14. The van der Waals surface area contributed by atoms with E-state index in [0.717, 1.165) is 31.0 Å². The fourth-order valence-electron chi connectivity index (χ4n) is 4.98. The van der Waals surface area contributed by atoms with E-state index in [1.54, 1.807) is 17.7 Å². The number of carbonyl (C=O) groups is 1. The van der Waals surface area contributed by atoms with Gasteiger partial charge in [0.05, 0.1) is 5.56 Å². The number of nitrogens with one attached hydrogen (secondary N) is 2. The van der Waals surface area contributed by atoms with Crippen LogP contribution in [0.25, 0.3) is 6.08 Å². The zero-order valence-electron chi connectivity index (χ0n) is 19.1. The normalized spacial score (nSPS) is 25.5. The van der Waals surface area contributed by atoms with Crippen LogP contribution in [0.1, 0.15) is 66.9 Å². The predicted octanol–water partition coefficient (Wildman–Crippen LogP) is 5.50. The quantitative estimate of drug-likeness (QED) is 0.464. The lowest BCUT2D eigenvalue weighted by atomic mass is 9.86. The molecule has 0 aliphatic heterocycles. The first-order valence-corrected chi connectivity index (χ1v) is 12.2. The minimum absolute atomic E-state index is 0.348. The Morgan fingerprint density at radius 3 is 2.38 bits per heavy atom. The van der Waals surface area contributed by atoms with Crippen LogP contribution in [0.15, 0.2) is 60.2 Å². The molecule has 2 aromatic rings. The molecule has 2 aliphatic carbocycles. The zero-order chi connectivity index (χ0) is 22.3. The number of hydrogen-bond acceptors (Lipinski definition) is 3. The Morgan fingerprint density at radius 2 is 1.72 bits per heavy atom. The maximum absolute atomic E-state index is 11.0. The highest BCUT2D eigenvalue weighted by Crippen LogP contribution is 2.40. The van der Waals surface area contributed by atoms with Crippen molar-refractivity contribution >= 4 is 12.0 Å². The maximum Gasteiger partial charge on any atom is 0.335 e. The molecule has 0 amide bonds. The molecule has 32 heavy (non-hydrogen) atoms. The Hall–Kier alpha value is -2.43. The Balaban J connectivity index is 1.14. The molecular weight excluding hydrogens is 396 g/mol. The summed E-state index contributed by atoms with van der Waals surface area (Å²) < 4.78 is 0. The van der Waals surface area contributed by atoms with Gasteiger partial charge in [-0.05, 0) is 80.2 Å². The van der Waals surface area contributed by atoms with Crippen molar-refractivity contribution < 1.29 is 9.90 Å². The first-order valence-electron chi connectivity index (χ1n) is 12.2. The van der Waals surface area contributed by atoms with Crippen LogP contribution in [0, 0.1) is 11.8 Å². The molecule has 4 rings (SSSR count). The predicted molar refractivity (Wildman–Crippen MR) is 131 cm³/mol. The van der Waals surface area contributed by atoms with Gasteiger partial charge in [0.2, 0.25) is 0 Å². The Morgan fingerprint density at radius 1 is 1.00 bits per heavy atom. The Kier molecular flexibility index (Phi) is 7.77. The lowest BCUT2D eigenvalue weighted by Crippen LogP contribution is -2.36. The minimum atomic E-state index is -0.868. The van der Waals surface area contributed by atoms with E-state index in [1.165, 1.54) is 37.7 Å². The largest absolute Gasteiger partial charge is 0.478 e. The highest BCUT2D eigenvalue weighted by Gasteiger charge is 2.39. The Labute approximate surface area is 192 Å². The summed E-state index contributed by atoms with van der Waals surface area (Å²) >= 11 is 0. The first-order chi connectivity index (χ1) is 15.6. The molecule has 2 aliphatic rings. The van der Waals surface area contributed by atoms with Crippen molar-refractivity contribution in [1.82, 2.24) is 10.6 Å². The van der Waals surface area contributed by atoms with Gasteiger partial charge in [-0.1, -0.05) is 61.0 Å². The van der Waals surface area contributed by atoms with E-state index in [1.807, 2.05) is 12.1 Å². The number of carboxylic acids is 1. The number of aromatic carboxylic acids is 1. The minimum Gasteiger partial charge on any atom is -0.478 e. The van der Waals surface area contributed by atoms with E-state index < -0.39 is 5.97 Å².